The summed E-state index contributed by atoms with van der Waals surface area (Å²) >= 11 is 0. The molecule has 0 saturated heterocycles. The van der Waals surface area contributed by atoms with Crippen LogP contribution in [-0.2, 0) is 0 Å². The Labute approximate surface area is 72.9 Å². The Kier molecular flexibility index (Phi) is 1.45. The molecule has 0 unspecified atom stereocenters. The summed E-state index contributed by atoms with van der Waals surface area (Å²) < 4.78 is 25.4. The van der Waals surface area contributed by atoms with Gasteiger partial charge in [-0.25, -0.2) is 8.78 Å². The van der Waals surface area contributed by atoms with Gasteiger partial charge < -0.3 is 5.32 Å². The summed E-state index contributed by atoms with van der Waals surface area (Å²) in [6.07, 6.45) is 0. The molecule has 0 fully saturated rings. The topological polar surface area (TPSA) is 29.1 Å². The number of rotatable bonds is 0. The van der Waals surface area contributed by atoms with Crippen LogP contribution in [0.25, 0.3) is 5.70 Å². The van der Waals surface area contributed by atoms with Gasteiger partial charge in [-0.3, -0.25) is 4.79 Å². The molecule has 13 heavy (non-hydrogen) atoms. The van der Waals surface area contributed by atoms with E-state index < -0.39 is 17.5 Å². The van der Waals surface area contributed by atoms with Crippen molar-refractivity contribution in [3.8, 4) is 0 Å². The molecule has 2 rings (SSSR count). The van der Waals surface area contributed by atoms with Crippen LogP contribution in [0.3, 0.4) is 0 Å². The molecular formula is C9H5F2NO. The van der Waals surface area contributed by atoms with E-state index >= 15 is 0 Å². The Morgan fingerprint density at radius 2 is 1.69 bits per heavy atom. The zero-order valence-electron chi connectivity index (χ0n) is 6.53. The zero-order chi connectivity index (χ0) is 9.59. The average Bonchev–Trinajstić information content (AvgIpc) is 2.31. The minimum absolute atomic E-state index is 0.129. The molecule has 1 aliphatic rings. The summed E-state index contributed by atoms with van der Waals surface area (Å²) in [6.45, 7) is 3.50. The van der Waals surface area contributed by atoms with Crippen LogP contribution < -0.4 is 5.32 Å². The van der Waals surface area contributed by atoms with Crippen molar-refractivity contribution in [2.45, 2.75) is 0 Å². The van der Waals surface area contributed by atoms with Gasteiger partial charge in [0.15, 0.2) is 11.6 Å². The van der Waals surface area contributed by atoms with E-state index in [9.17, 15) is 13.6 Å². The summed E-state index contributed by atoms with van der Waals surface area (Å²) in [5.41, 5.74) is 0.756. The van der Waals surface area contributed by atoms with Gasteiger partial charge in [0.2, 0.25) is 0 Å². The molecule has 0 aliphatic carbocycles. The van der Waals surface area contributed by atoms with Crippen LogP contribution in [0.15, 0.2) is 18.7 Å². The van der Waals surface area contributed by atoms with E-state index in [0.717, 1.165) is 12.1 Å². The van der Waals surface area contributed by atoms with Crippen molar-refractivity contribution in [1.82, 2.24) is 5.32 Å². The second-order valence-corrected chi connectivity index (χ2v) is 2.74. The van der Waals surface area contributed by atoms with Gasteiger partial charge in [0.1, 0.15) is 0 Å². The smallest absolute Gasteiger partial charge is 0.256 e. The highest BCUT2D eigenvalue weighted by atomic mass is 19.2. The predicted molar refractivity (Wildman–Crippen MR) is 42.9 cm³/mol. The standard InChI is InChI=1S/C9H5F2NO/c1-4-5-2-7(10)8(11)3-6(5)9(13)12-4/h2-3H,1H2,(H,12,13). The summed E-state index contributed by atoms with van der Waals surface area (Å²) in [5, 5.41) is 2.37. The number of hydrogen-bond acceptors (Lipinski definition) is 1. The number of nitrogens with one attached hydrogen (secondary N) is 1. The second-order valence-electron chi connectivity index (χ2n) is 2.74. The first-order valence-corrected chi connectivity index (χ1v) is 3.59. The van der Waals surface area contributed by atoms with Crippen LogP contribution in [0.1, 0.15) is 15.9 Å². The van der Waals surface area contributed by atoms with Gasteiger partial charge in [-0.2, -0.15) is 0 Å². The first-order valence-electron chi connectivity index (χ1n) is 3.59. The Balaban J connectivity index is 2.72. The third-order valence-corrected chi connectivity index (χ3v) is 1.89. The van der Waals surface area contributed by atoms with E-state index in [1.54, 1.807) is 0 Å². The van der Waals surface area contributed by atoms with Crippen LogP contribution >= 0.6 is 0 Å². The molecule has 66 valence electrons. The van der Waals surface area contributed by atoms with Crippen molar-refractivity contribution >= 4 is 11.6 Å². The molecular weight excluding hydrogens is 176 g/mol. The van der Waals surface area contributed by atoms with Gasteiger partial charge in [-0.1, -0.05) is 6.58 Å². The Morgan fingerprint density at radius 3 is 2.31 bits per heavy atom. The highest BCUT2D eigenvalue weighted by molar-refractivity contribution is 6.08. The third kappa shape index (κ3) is 1.02. The lowest BCUT2D eigenvalue weighted by Crippen LogP contribution is -2.11. The van der Waals surface area contributed by atoms with Crippen LogP contribution in [0.2, 0.25) is 0 Å². The maximum atomic E-state index is 12.7. The molecule has 1 heterocycles. The Morgan fingerprint density at radius 1 is 1.15 bits per heavy atom. The average molecular weight is 181 g/mol. The number of fused-ring (bicyclic) bond motifs is 1. The van der Waals surface area contributed by atoms with Crippen LogP contribution in [-0.4, -0.2) is 5.91 Å². The van der Waals surface area contributed by atoms with Crippen molar-refractivity contribution in [3.63, 3.8) is 0 Å². The molecule has 0 atom stereocenters. The van der Waals surface area contributed by atoms with Crippen LogP contribution in [0.5, 0.6) is 0 Å². The molecule has 1 aliphatic heterocycles. The number of hydrogen-bond donors (Lipinski definition) is 1. The van der Waals surface area contributed by atoms with E-state index in [-0.39, 0.29) is 5.56 Å². The lowest BCUT2D eigenvalue weighted by Gasteiger charge is -1.97. The minimum atomic E-state index is -1.02. The number of benzene rings is 1. The summed E-state index contributed by atoms with van der Waals surface area (Å²) in [5.74, 6) is -2.45. The van der Waals surface area contributed by atoms with Gasteiger partial charge in [0.25, 0.3) is 5.91 Å². The number of carbonyl (C=O) groups excluding carboxylic acids is 1. The third-order valence-electron chi connectivity index (χ3n) is 1.89. The Hall–Kier alpha value is -1.71. The maximum Gasteiger partial charge on any atom is 0.256 e. The fraction of sp³-hybridized carbons (Fsp3) is 0. The van der Waals surface area contributed by atoms with Gasteiger partial charge in [0, 0.05) is 11.3 Å². The van der Waals surface area contributed by atoms with Gasteiger partial charge in [0.05, 0.1) is 5.56 Å². The fourth-order valence-electron chi connectivity index (χ4n) is 1.26. The summed E-state index contributed by atoms with van der Waals surface area (Å²) in [6, 6.07) is 1.84. The summed E-state index contributed by atoms with van der Waals surface area (Å²) in [7, 11) is 0. The van der Waals surface area contributed by atoms with Gasteiger partial charge in [-0.05, 0) is 12.1 Å². The second kappa shape index (κ2) is 2.39. The highest BCUT2D eigenvalue weighted by Gasteiger charge is 2.24. The molecule has 2 nitrogen and oxygen atoms in total. The highest BCUT2D eigenvalue weighted by Crippen LogP contribution is 2.25. The molecule has 0 saturated carbocycles. The molecule has 1 N–H and O–H groups in total. The maximum absolute atomic E-state index is 12.7. The first-order chi connectivity index (χ1) is 6.09. The number of halogens is 2. The SMILES string of the molecule is C=C1NC(=O)c2cc(F)c(F)cc21. The van der Waals surface area contributed by atoms with E-state index in [1.807, 2.05) is 0 Å². The monoisotopic (exact) mass is 181 g/mol. The molecule has 1 aromatic rings. The molecule has 0 bridgehead atoms. The molecule has 0 radical (unpaired) electrons. The fourth-order valence-corrected chi connectivity index (χ4v) is 1.26. The minimum Gasteiger partial charge on any atom is -0.322 e. The van der Waals surface area contributed by atoms with Gasteiger partial charge in [-0.15, -0.1) is 0 Å². The lowest BCUT2D eigenvalue weighted by molar-refractivity contribution is 0.0980. The van der Waals surface area contributed by atoms with Crippen molar-refractivity contribution in [2.75, 3.05) is 0 Å². The quantitative estimate of drug-likeness (QED) is 0.648. The van der Waals surface area contributed by atoms with Crippen LogP contribution in [0, 0.1) is 11.6 Å². The van der Waals surface area contributed by atoms with Crippen molar-refractivity contribution in [3.05, 3.63) is 41.5 Å². The van der Waals surface area contributed by atoms with E-state index in [2.05, 4.69) is 11.9 Å². The van der Waals surface area contributed by atoms with E-state index in [1.165, 1.54) is 0 Å². The Bertz CT molecular complexity index is 387. The predicted octanol–water partition coefficient (Wildman–Crippen LogP) is 1.68. The van der Waals surface area contributed by atoms with Crippen molar-refractivity contribution < 1.29 is 13.6 Å². The molecule has 0 spiro atoms. The zero-order valence-corrected chi connectivity index (χ0v) is 6.53. The van der Waals surface area contributed by atoms with Crippen molar-refractivity contribution in [2.24, 2.45) is 0 Å². The molecule has 4 heteroatoms. The molecule has 1 amide bonds. The summed E-state index contributed by atoms with van der Waals surface area (Å²) in [4.78, 5) is 11.1. The van der Waals surface area contributed by atoms with Crippen LogP contribution in [0.4, 0.5) is 8.78 Å². The first kappa shape index (κ1) is 7.91. The normalized spacial score (nSPS) is 14.3. The number of carbonyl (C=O) groups is 1. The van der Waals surface area contributed by atoms with Gasteiger partial charge >= 0.3 is 0 Å². The molecule has 1 aromatic carbocycles. The number of amides is 1. The molecule has 0 aromatic heterocycles. The van der Waals surface area contributed by atoms with E-state index in [4.69, 9.17) is 0 Å². The van der Waals surface area contributed by atoms with Crippen molar-refractivity contribution in [1.29, 1.82) is 0 Å². The van der Waals surface area contributed by atoms with E-state index in [0.29, 0.717) is 11.3 Å². The largest absolute Gasteiger partial charge is 0.322 e. The lowest BCUT2D eigenvalue weighted by atomic mass is 10.1.